The third-order valence-corrected chi connectivity index (χ3v) is 9.32. The van der Waals surface area contributed by atoms with Crippen LogP contribution < -0.4 is 0 Å². The summed E-state index contributed by atoms with van der Waals surface area (Å²) < 4.78 is 39.3. The van der Waals surface area contributed by atoms with Gasteiger partial charge in [-0.05, 0) is 43.9 Å². The van der Waals surface area contributed by atoms with Crippen molar-refractivity contribution < 1.29 is 17.9 Å². The quantitative estimate of drug-likeness (QED) is 0.742. The van der Waals surface area contributed by atoms with Crippen molar-refractivity contribution in [3.63, 3.8) is 0 Å². The Morgan fingerprint density at radius 2 is 1.89 bits per heavy atom. The fraction of sp³-hybridized carbons (Fsp3) is 0.700. The van der Waals surface area contributed by atoms with E-state index in [4.69, 9.17) is 21.1 Å². The highest BCUT2D eigenvalue weighted by atomic mass is 35.5. The fourth-order valence-corrected chi connectivity index (χ4v) is 7.15. The zero-order chi connectivity index (χ0) is 19.6. The third-order valence-electron chi connectivity index (χ3n) is 6.94. The SMILES string of the molecule is Cc1ccc(S(=O)(=O)N2CCC3(CC2)CC(N2CC4(COC4)C2)CO3)c(Cl)c1. The summed E-state index contributed by atoms with van der Waals surface area (Å²) in [6.07, 6.45) is 2.49. The van der Waals surface area contributed by atoms with Gasteiger partial charge in [0.15, 0.2) is 0 Å². The lowest BCUT2D eigenvalue weighted by Crippen LogP contribution is -2.68. The van der Waals surface area contributed by atoms with Gasteiger partial charge in [0.1, 0.15) is 4.90 Å². The van der Waals surface area contributed by atoms with Crippen molar-refractivity contribution in [2.24, 2.45) is 5.41 Å². The zero-order valence-electron chi connectivity index (χ0n) is 16.2. The second-order valence-corrected chi connectivity index (χ2v) is 11.4. The first-order valence-electron chi connectivity index (χ1n) is 10.0. The number of benzene rings is 1. The molecule has 6 nitrogen and oxygen atoms in total. The molecule has 1 aromatic rings. The van der Waals surface area contributed by atoms with E-state index in [1.165, 1.54) is 0 Å². The maximum atomic E-state index is 13.0. The molecule has 1 aromatic carbocycles. The molecule has 0 radical (unpaired) electrons. The highest BCUT2D eigenvalue weighted by Crippen LogP contribution is 2.44. The van der Waals surface area contributed by atoms with Crippen molar-refractivity contribution >= 4 is 21.6 Å². The third kappa shape index (κ3) is 3.11. The van der Waals surface area contributed by atoms with E-state index in [9.17, 15) is 8.42 Å². The van der Waals surface area contributed by atoms with E-state index in [1.807, 2.05) is 6.92 Å². The van der Waals surface area contributed by atoms with E-state index in [0.29, 0.717) is 29.6 Å². The van der Waals surface area contributed by atoms with Crippen LogP contribution in [0.3, 0.4) is 0 Å². The number of nitrogens with zero attached hydrogens (tertiary/aromatic N) is 2. The van der Waals surface area contributed by atoms with Gasteiger partial charge in [-0.25, -0.2) is 8.42 Å². The summed E-state index contributed by atoms with van der Waals surface area (Å²) in [5.41, 5.74) is 1.20. The van der Waals surface area contributed by atoms with Crippen molar-refractivity contribution in [3.05, 3.63) is 28.8 Å². The van der Waals surface area contributed by atoms with E-state index in [0.717, 1.165) is 57.7 Å². The number of rotatable bonds is 3. The lowest BCUT2D eigenvalue weighted by atomic mass is 9.76. The number of halogens is 1. The first-order valence-corrected chi connectivity index (χ1v) is 11.8. The summed E-state index contributed by atoms with van der Waals surface area (Å²) >= 11 is 6.23. The van der Waals surface area contributed by atoms with Crippen LogP contribution in [0.2, 0.25) is 5.02 Å². The molecule has 1 atom stereocenters. The predicted octanol–water partition coefficient (Wildman–Crippen LogP) is 2.29. The molecule has 0 N–H and O–H groups in total. The van der Waals surface area contributed by atoms with Crippen LogP contribution in [0.1, 0.15) is 24.8 Å². The molecule has 154 valence electrons. The van der Waals surface area contributed by atoms with E-state index < -0.39 is 10.0 Å². The molecule has 4 aliphatic heterocycles. The first-order chi connectivity index (χ1) is 13.3. The van der Waals surface area contributed by atoms with Crippen LogP contribution in [0.4, 0.5) is 0 Å². The Kier molecular flexibility index (Phi) is 4.58. The number of aryl methyl sites for hydroxylation is 1. The van der Waals surface area contributed by atoms with Crippen LogP contribution in [0.25, 0.3) is 0 Å². The molecule has 4 fully saturated rings. The maximum Gasteiger partial charge on any atom is 0.244 e. The van der Waals surface area contributed by atoms with Gasteiger partial charge < -0.3 is 9.47 Å². The normalized spacial score (nSPS) is 29.7. The molecule has 28 heavy (non-hydrogen) atoms. The van der Waals surface area contributed by atoms with E-state index >= 15 is 0 Å². The van der Waals surface area contributed by atoms with Crippen LogP contribution >= 0.6 is 11.6 Å². The van der Waals surface area contributed by atoms with Crippen molar-refractivity contribution in [2.45, 2.75) is 42.7 Å². The highest BCUT2D eigenvalue weighted by Gasteiger charge is 2.54. The number of piperidine rings is 1. The summed E-state index contributed by atoms with van der Waals surface area (Å²) in [7, 11) is -3.57. The summed E-state index contributed by atoms with van der Waals surface area (Å²) in [4.78, 5) is 2.72. The lowest BCUT2D eigenvalue weighted by molar-refractivity contribution is -0.197. The molecule has 0 bridgehead atoms. The van der Waals surface area contributed by atoms with Gasteiger partial charge in [0.05, 0.1) is 30.4 Å². The smallest absolute Gasteiger partial charge is 0.244 e. The number of sulfonamides is 1. The molecule has 4 saturated heterocycles. The van der Waals surface area contributed by atoms with Crippen LogP contribution in [0.15, 0.2) is 23.1 Å². The second kappa shape index (κ2) is 6.65. The van der Waals surface area contributed by atoms with Crippen LogP contribution in [0, 0.1) is 12.3 Å². The Labute approximate surface area is 171 Å². The van der Waals surface area contributed by atoms with Gasteiger partial charge in [-0.2, -0.15) is 4.31 Å². The minimum absolute atomic E-state index is 0.174. The topological polar surface area (TPSA) is 59.1 Å². The maximum absolute atomic E-state index is 13.0. The summed E-state index contributed by atoms with van der Waals surface area (Å²) in [5, 5.41) is 0.296. The van der Waals surface area contributed by atoms with E-state index in [-0.39, 0.29) is 10.5 Å². The van der Waals surface area contributed by atoms with Crippen molar-refractivity contribution in [3.8, 4) is 0 Å². The van der Waals surface area contributed by atoms with E-state index in [2.05, 4.69) is 4.90 Å². The minimum atomic E-state index is -3.57. The van der Waals surface area contributed by atoms with Gasteiger partial charge in [-0.1, -0.05) is 17.7 Å². The van der Waals surface area contributed by atoms with Gasteiger partial charge >= 0.3 is 0 Å². The van der Waals surface area contributed by atoms with Crippen molar-refractivity contribution in [2.75, 3.05) is 46.0 Å². The Hall–Kier alpha value is -0.700. The van der Waals surface area contributed by atoms with Crippen molar-refractivity contribution in [1.82, 2.24) is 9.21 Å². The van der Waals surface area contributed by atoms with Gasteiger partial charge in [0.2, 0.25) is 10.0 Å². The average Bonchev–Trinajstić information content (AvgIpc) is 2.96. The molecule has 2 spiro atoms. The standard InChI is InChI=1S/C20H27ClN2O4S/c1-15-2-3-18(17(21)8-15)28(24,25)23-6-4-20(5-7-23)9-16(10-27-20)22-11-19(12-22)13-26-14-19/h2-3,8,16H,4-7,9-14H2,1H3. The molecular formula is C20H27ClN2O4S. The summed E-state index contributed by atoms with van der Waals surface area (Å²) in [6, 6.07) is 5.57. The Morgan fingerprint density at radius 1 is 1.18 bits per heavy atom. The largest absolute Gasteiger partial charge is 0.380 e. The average molecular weight is 427 g/mol. The van der Waals surface area contributed by atoms with Gasteiger partial charge in [-0.15, -0.1) is 0 Å². The molecule has 0 amide bonds. The Morgan fingerprint density at radius 3 is 2.50 bits per heavy atom. The Bertz CT molecular complexity index is 870. The summed E-state index contributed by atoms with van der Waals surface area (Å²) in [6.45, 7) is 7.65. The van der Waals surface area contributed by atoms with E-state index in [1.54, 1.807) is 22.5 Å². The molecule has 4 heterocycles. The number of hydrogen-bond donors (Lipinski definition) is 0. The zero-order valence-corrected chi connectivity index (χ0v) is 17.8. The summed E-state index contributed by atoms with van der Waals surface area (Å²) in [5.74, 6) is 0. The van der Waals surface area contributed by atoms with Crippen LogP contribution in [0.5, 0.6) is 0 Å². The predicted molar refractivity (Wildman–Crippen MR) is 106 cm³/mol. The monoisotopic (exact) mass is 426 g/mol. The van der Waals surface area contributed by atoms with Crippen LogP contribution in [-0.2, 0) is 19.5 Å². The van der Waals surface area contributed by atoms with Gasteiger partial charge in [0, 0.05) is 37.6 Å². The highest BCUT2D eigenvalue weighted by molar-refractivity contribution is 7.89. The number of ether oxygens (including phenoxy) is 2. The van der Waals surface area contributed by atoms with Gasteiger partial charge in [-0.3, -0.25) is 4.90 Å². The minimum Gasteiger partial charge on any atom is -0.380 e. The van der Waals surface area contributed by atoms with Crippen LogP contribution in [-0.4, -0.2) is 75.3 Å². The molecule has 4 aliphatic rings. The van der Waals surface area contributed by atoms with Gasteiger partial charge in [0.25, 0.3) is 0 Å². The molecule has 8 heteroatoms. The molecular weight excluding hydrogens is 400 g/mol. The lowest BCUT2D eigenvalue weighted by Gasteiger charge is -2.57. The first kappa shape index (κ1) is 19.3. The molecule has 1 unspecified atom stereocenters. The molecule has 0 saturated carbocycles. The molecule has 0 aromatic heterocycles. The van der Waals surface area contributed by atoms with Crippen molar-refractivity contribution in [1.29, 1.82) is 0 Å². The molecule has 0 aliphatic carbocycles. The number of likely N-dealkylation sites (tertiary alicyclic amines) is 1. The fourth-order valence-electron chi connectivity index (χ4n) is 5.14. The molecule has 5 rings (SSSR count). The number of hydrogen-bond acceptors (Lipinski definition) is 5. The Balaban J connectivity index is 1.21. The second-order valence-electron chi connectivity index (χ2n) is 9.09.